The first kappa shape index (κ1) is 19.2. The minimum Gasteiger partial charge on any atom is -0.339 e. The van der Waals surface area contributed by atoms with Gasteiger partial charge in [0.15, 0.2) is 0 Å². The maximum Gasteiger partial charge on any atom is 0.253 e. The molecule has 1 aliphatic heterocycles. The molecule has 0 unspecified atom stereocenters. The van der Waals surface area contributed by atoms with E-state index in [4.69, 9.17) is 0 Å². The van der Waals surface area contributed by atoms with E-state index in [1.807, 2.05) is 29.2 Å². The molecule has 0 atom stereocenters. The fraction of sp³-hybridized carbons (Fsp3) is 0.273. The monoisotopic (exact) mass is 412 g/mol. The lowest BCUT2D eigenvalue weighted by Crippen LogP contribution is -2.27. The van der Waals surface area contributed by atoms with Crippen LogP contribution in [-0.2, 0) is 11.5 Å². The highest BCUT2D eigenvalue weighted by molar-refractivity contribution is 7.97. The van der Waals surface area contributed by atoms with Crippen LogP contribution in [0.1, 0.15) is 34.5 Å². The average Bonchev–Trinajstić information content (AvgIpc) is 3.41. The first-order valence-corrected chi connectivity index (χ1v) is 11.4. The standard InChI is InChI=1S/C22H21FN2OS2/c23-19-9-7-17(8-10-19)21-24-20(15-28-21)14-27-13-16-3-5-18(6-4-16)22(26)25-11-1-2-12-25/h3-10,15H,1-2,11-14H2. The number of carbonyl (C=O) groups is 1. The number of thiazole rings is 1. The summed E-state index contributed by atoms with van der Waals surface area (Å²) in [6.45, 7) is 1.76. The van der Waals surface area contributed by atoms with Crippen LogP contribution in [0, 0.1) is 5.82 Å². The van der Waals surface area contributed by atoms with Gasteiger partial charge < -0.3 is 4.90 Å². The number of rotatable bonds is 6. The molecule has 0 saturated carbocycles. The second-order valence-corrected chi connectivity index (χ2v) is 8.68. The van der Waals surface area contributed by atoms with E-state index in [1.54, 1.807) is 35.2 Å². The molecule has 0 N–H and O–H groups in total. The number of halogens is 1. The largest absolute Gasteiger partial charge is 0.339 e. The Bertz CT molecular complexity index is 932. The molecule has 1 fully saturated rings. The van der Waals surface area contributed by atoms with Crippen molar-refractivity contribution in [3.63, 3.8) is 0 Å². The molecular weight excluding hydrogens is 391 g/mol. The molecule has 4 rings (SSSR count). The lowest BCUT2D eigenvalue weighted by molar-refractivity contribution is 0.0793. The number of amides is 1. The van der Waals surface area contributed by atoms with E-state index in [0.717, 1.165) is 59.3 Å². The summed E-state index contributed by atoms with van der Waals surface area (Å²) in [6.07, 6.45) is 2.22. The molecule has 144 valence electrons. The van der Waals surface area contributed by atoms with E-state index in [0.29, 0.717) is 0 Å². The van der Waals surface area contributed by atoms with Gasteiger partial charge in [0.1, 0.15) is 10.8 Å². The molecule has 1 aromatic heterocycles. The Balaban J connectivity index is 1.29. The van der Waals surface area contributed by atoms with Crippen LogP contribution < -0.4 is 0 Å². The summed E-state index contributed by atoms with van der Waals surface area (Å²) >= 11 is 3.38. The Morgan fingerprint density at radius 3 is 2.46 bits per heavy atom. The highest BCUT2D eigenvalue weighted by Gasteiger charge is 2.19. The summed E-state index contributed by atoms with van der Waals surface area (Å²) in [4.78, 5) is 19.0. The van der Waals surface area contributed by atoms with Crippen LogP contribution in [0.5, 0.6) is 0 Å². The van der Waals surface area contributed by atoms with Crippen LogP contribution in [-0.4, -0.2) is 28.9 Å². The van der Waals surface area contributed by atoms with Crippen molar-refractivity contribution in [1.82, 2.24) is 9.88 Å². The second kappa shape index (κ2) is 8.88. The predicted octanol–water partition coefficient (Wildman–Crippen LogP) is 5.62. The Morgan fingerprint density at radius 1 is 1.04 bits per heavy atom. The Morgan fingerprint density at radius 2 is 1.75 bits per heavy atom. The fourth-order valence-electron chi connectivity index (χ4n) is 3.22. The zero-order valence-electron chi connectivity index (χ0n) is 15.4. The van der Waals surface area contributed by atoms with Crippen molar-refractivity contribution in [3.05, 3.63) is 76.5 Å². The van der Waals surface area contributed by atoms with Gasteiger partial charge in [-0.2, -0.15) is 11.8 Å². The third-order valence-electron chi connectivity index (χ3n) is 4.76. The number of carbonyl (C=O) groups excluding carboxylic acids is 1. The molecule has 2 aromatic carbocycles. The van der Waals surface area contributed by atoms with Crippen molar-refractivity contribution in [2.45, 2.75) is 24.3 Å². The van der Waals surface area contributed by atoms with E-state index in [9.17, 15) is 9.18 Å². The van der Waals surface area contributed by atoms with Crippen LogP contribution in [0.15, 0.2) is 53.9 Å². The van der Waals surface area contributed by atoms with Gasteiger partial charge in [-0.3, -0.25) is 4.79 Å². The topological polar surface area (TPSA) is 33.2 Å². The van der Waals surface area contributed by atoms with Crippen molar-refractivity contribution >= 4 is 29.0 Å². The smallest absolute Gasteiger partial charge is 0.253 e. The minimum atomic E-state index is -0.232. The van der Waals surface area contributed by atoms with Gasteiger partial charge >= 0.3 is 0 Å². The number of thioether (sulfide) groups is 1. The van der Waals surface area contributed by atoms with E-state index in [-0.39, 0.29) is 11.7 Å². The zero-order chi connectivity index (χ0) is 19.3. The third-order valence-corrected chi connectivity index (χ3v) is 6.73. The molecule has 0 bridgehead atoms. The molecular formula is C22H21FN2OS2. The number of hydrogen-bond acceptors (Lipinski definition) is 4. The lowest BCUT2D eigenvalue weighted by Gasteiger charge is -2.15. The quantitative estimate of drug-likeness (QED) is 0.527. The summed E-state index contributed by atoms with van der Waals surface area (Å²) in [5, 5.41) is 2.98. The van der Waals surface area contributed by atoms with Crippen molar-refractivity contribution in [3.8, 4) is 10.6 Å². The van der Waals surface area contributed by atoms with Crippen LogP contribution in [0.4, 0.5) is 4.39 Å². The molecule has 28 heavy (non-hydrogen) atoms. The fourth-order valence-corrected chi connectivity index (χ4v) is 5.04. The number of likely N-dealkylation sites (tertiary alicyclic amines) is 1. The molecule has 0 aliphatic carbocycles. The SMILES string of the molecule is O=C(c1ccc(CSCc2csc(-c3ccc(F)cc3)n2)cc1)N1CCCC1. The molecule has 1 aliphatic rings. The Labute approximate surface area is 172 Å². The highest BCUT2D eigenvalue weighted by Crippen LogP contribution is 2.26. The summed E-state index contributed by atoms with van der Waals surface area (Å²) in [6, 6.07) is 14.4. The second-order valence-electron chi connectivity index (χ2n) is 6.84. The van der Waals surface area contributed by atoms with E-state index in [1.165, 1.54) is 17.7 Å². The van der Waals surface area contributed by atoms with Gasteiger partial charge in [-0.05, 0) is 54.8 Å². The maximum atomic E-state index is 13.0. The van der Waals surface area contributed by atoms with Crippen LogP contribution >= 0.6 is 23.1 Å². The number of benzene rings is 2. The normalized spacial score (nSPS) is 13.8. The number of aromatic nitrogens is 1. The van der Waals surface area contributed by atoms with Crippen LogP contribution in [0.25, 0.3) is 10.6 Å². The molecule has 2 heterocycles. The van der Waals surface area contributed by atoms with Gasteiger partial charge in [-0.1, -0.05) is 12.1 Å². The van der Waals surface area contributed by atoms with Gasteiger partial charge in [-0.15, -0.1) is 11.3 Å². The molecule has 0 spiro atoms. The summed E-state index contributed by atoms with van der Waals surface area (Å²) in [5.74, 6) is 1.62. The molecule has 1 saturated heterocycles. The van der Waals surface area contributed by atoms with Crippen molar-refractivity contribution in [2.24, 2.45) is 0 Å². The zero-order valence-corrected chi connectivity index (χ0v) is 17.1. The average molecular weight is 413 g/mol. The van der Waals surface area contributed by atoms with Gasteiger partial charge in [0.25, 0.3) is 5.91 Å². The molecule has 6 heteroatoms. The highest BCUT2D eigenvalue weighted by atomic mass is 32.2. The van der Waals surface area contributed by atoms with Crippen molar-refractivity contribution < 1.29 is 9.18 Å². The molecule has 0 radical (unpaired) electrons. The first-order valence-electron chi connectivity index (χ1n) is 9.35. The van der Waals surface area contributed by atoms with Crippen molar-refractivity contribution in [1.29, 1.82) is 0 Å². The first-order chi connectivity index (χ1) is 13.7. The van der Waals surface area contributed by atoms with Crippen LogP contribution in [0.2, 0.25) is 0 Å². The third kappa shape index (κ3) is 4.62. The van der Waals surface area contributed by atoms with Crippen LogP contribution in [0.3, 0.4) is 0 Å². The predicted molar refractivity (Wildman–Crippen MR) is 114 cm³/mol. The number of nitrogens with zero attached hydrogens (tertiary/aromatic N) is 2. The lowest BCUT2D eigenvalue weighted by atomic mass is 10.1. The molecule has 3 nitrogen and oxygen atoms in total. The number of hydrogen-bond donors (Lipinski definition) is 0. The van der Waals surface area contributed by atoms with E-state index >= 15 is 0 Å². The molecule has 3 aromatic rings. The van der Waals surface area contributed by atoms with Gasteiger partial charge in [-0.25, -0.2) is 9.37 Å². The van der Waals surface area contributed by atoms with E-state index in [2.05, 4.69) is 10.4 Å². The van der Waals surface area contributed by atoms with Gasteiger partial charge in [0.2, 0.25) is 0 Å². The summed E-state index contributed by atoms with van der Waals surface area (Å²) in [7, 11) is 0. The van der Waals surface area contributed by atoms with Gasteiger partial charge in [0.05, 0.1) is 5.69 Å². The summed E-state index contributed by atoms with van der Waals surface area (Å²) < 4.78 is 13.0. The Hall–Kier alpha value is -2.18. The van der Waals surface area contributed by atoms with E-state index < -0.39 is 0 Å². The van der Waals surface area contributed by atoms with Crippen molar-refractivity contribution in [2.75, 3.05) is 13.1 Å². The summed E-state index contributed by atoms with van der Waals surface area (Å²) in [5.41, 5.74) is 3.96. The Kier molecular flexibility index (Phi) is 6.07. The van der Waals surface area contributed by atoms with Gasteiger partial charge in [0, 0.05) is 41.1 Å². The minimum absolute atomic E-state index is 0.146. The molecule has 1 amide bonds. The maximum absolute atomic E-state index is 13.0.